The first-order valence-corrected chi connectivity index (χ1v) is 7.98. The van der Waals surface area contributed by atoms with Crippen molar-refractivity contribution < 1.29 is 14.5 Å². The highest BCUT2D eigenvalue weighted by Crippen LogP contribution is 2.14. The lowest BCUT2D eigenvalue weighted by Crippen LogP contribution is -3.19. The molecule has 1 aromatic rings. The first-order chi connectivity index (χ1) is 10.5. The number of nitrogens with one attached hydrogen (secondary N) is 2. The largest absolute Gasteiger partial charge is 0.347 e. The number of piperazine rings is 1. The van der Waals surface area contributed by atoms with Crippen LogP contribution >= 0.6 is 11.6 Å². The van der Waals surface area contributed by atoms with E-state index in [1.54, 1.807) is 6.92 Å². The van der Waals surface area contributed by atoms with Gasteiger partial charge in [-0.1, -0.05) is 29.8 Å². The van der Waals surface area contributed by atoms with Crippen LogP contribution in [0.3, 0.4) is 0 Å². The first-order valence-electron chi connectivity index (χ1n) is 7.60. The number of rotatable bonds is 4. The zero-order valence-electron chi connectivity index (χ0n) is 13.1. The van der Waals surface area contributed by atoms with Gasteiger partial charge in [-0.15, -0.1) is 0 Å². The quantitative estimate of drug-likeness (QED) is 0.825. The Bertz CT molecular complexity index is 542. The molecule has 0 saturated carbocycles. The maximum absolute atomic E-state index is 12.3. The molecule has 0 unspecified atom stereocenters. The van der Waals surface area contributed by atoms with Crippen LogP contribution in [0.4, 0.5) is 0 Å². The fourth-order valence-corrected chi connectivity index (χ4v) is 2.91. The summed E-state index contributed by atoms with van der Waals surface area (Å²) in [5.74, 6) is 0.126. The van der Waals surface area contributed by atoms with Crippen LogP contribution < -0.4 is 10.2 Å². The maximum Gasteiger partial charge on any atom is 0.278 e. The highest BCUT2D eigenvalue weighted by Gasteiger charge is 2.29. The molecule has 2 amide bonds. The van der Waals surface area contributed by atoms with E-state index >= 15 is 0 Å². The molecule has 2 N–H and O–H groups in total. The zero-order valence-corrected chi connectivity index (χ0v) is 13.8. The van der Waals surface area contributed by atoms with Crippen molar-refractivity contribution in [3.8, 4) is 0 Å². The SMILES string of the molecule is CC(=O)N1CC[NH+]([C@H](C)C(=O)NCc2ccccc2Cl)CC1. The van der Waals surface area contributed by atoms with E-state index in [2.05, 4.69) is 5.32 Å². The summed E-state index contributed by atoms with van der Waals surface area (Å²) in [5, 5.41) is 3.61. The summed E-state index contributed by atoms with van der Waals surface area (Å²) in [6, 6.07) is 7.37. The minimum Gasteiger partial charge on any atom is -0.347 e. The zero-order chi connectivity index (χ0) is 16.1. The molecule has 0 spiro atoms. The Morgan fingerprint density at radius 3 is 2.55 bits per heavy atom. The van der Waals surface area contributed by atoms with Gasteiger partial charge < -0.3 is 15.1 Å². The van der Waals surface area contributed by atoms with E-state index in [0.29, 0.717) is 24.7 Å². The van der Waals surface area contributed by atoms with Gasteiger partial charge in [0, 0.05) is 18.5 Å². The summed E-state index contributed by atoms with van der Waals surface area (Å²) >= 11 is 6.09. The van der Waals surface area contributed by atoms with Crippen molar-refractivity contribution in [2.24, 2.45) is 0 Å². The van der Waals surface area contributed by atoms with Crippen LogP contribution in [0, 0.1) is 0 Å². The second-order valence-electron chi connectivity index (χ2n) is 5.70. The van der Waals surface area contributed by atoms with Crippen molar-refractivity contribution in [2.75, 3.05) is 26.2 Å². The first kappa shape index (κ1) is 16.8. The minimum absolute atomic E-state index is 0.0196. The van der Waals surface area contributed by atoms with Gasteiger partial charge in [-0.3, -0.25) is 9.59 Å². The van der Waals surface area contributed by atoms with Gasteiger partial charge in [0.05, 0.1) is 26.2 Å². The second kappa shape index (κ2) is 7.61. The third-order valence-corrected chi connectivity index (χ3v) is 4.64. The van der Waals surface area contributed by atoms with Crippen molar-refractivity contribution in [3.05, 3.63) is 34.9 Å². The molecule has 1 aliphatic rings. The average Bonchev–Trinajstić information content (AvgIpc) is 2.53. The number of benzene rings is 1. The summed E-state index contributed by atoms with van der Waals surface area (Å²) in [6.07, 6.45) is 0. The predicted octanol–water partition coefficient (Wildman–Crippen LogP) is 0.0917. The highest BCUT2D eigenvalue weighted by atomic mass is 35.5. The molecular formula is C16H23ClN3O2+. The normalized spacial score (nSPS) is 17.1. The van der Waals surface area contributed by atoms with Crippen molar-refractivity contribution in [1.29, 1.82) is 0 Å². The van der Waals surface area contributed by atoms with Gasteiger partial charge >= 0.3 is 0 Å². The number of amides is 2. The van der Waals surface area contributed by atoms with E-state index in [9.17, 15) is 9.59 Å². The molecule has 120 valence electrons. The van der Waals surface area contributed by atoms with E-state index in [4.69, 9.17) is 11.6 Å². The lowest BCUT2D eigenvalue weighted by molar-refractivity contribution is -0.918. The fraction of sp³-hybridized carbons (Fsp3) is 0.500. The molecule has 1 aliphatic heterocycles. The average molecular weight is 325 g/mol. The lowest BCUT2D eigenvalue weighted by Gasteiger charge is -2.34. The monoisotopic (exact) mass is 324 g/mol. The summed E-state index contributed by atoms with van der Waals surface area (Å²) in [4.78, 5) is 26.7. The Morgan fingerprint density at radius 2 is 1.95 bits per heavy atom. The van der Waals surface area contributed by atoms with E-state index in [-0.39, 0.29) is 17.9 Å². The summed E-state index contributed by atoms with van der Waals surface area (Å²) in [7, 11) is 0. The molecule has 0 aromatic heterocycles. The number of quaternary nitrogens is 1. The molecule has 0 radical (unpaired) electrons. The number of hydrogen-bond donors (Lipinski definition) is 2. The minimum atomic E-state index is -0.128. The van der Waals surface area contributed by atoms with Crippen LogP contribution in [-0.2, 0) is 16.1 Å². The molecule has 1 aromatic carbocycles. The Hall–Kier alpha value is -1.59. The van der Waals surface area contributed by atoms with E-state index < -0.39 is 0 Å². The molecule has 5 nitrogen and oxygen atoms in total. The number of hydrogen-bond acceptors (Lipinski definition) is 2. The van der Waals surface area contributed by atoms with E-state index in [0.717, 1.165) is 18.7 Å². The van der Waals surface area contributed by atoms with E-state index in [1.165, 1.54) is 4.90 Å². The van der Waals surface area contributed by atoms with Gasteiger partial charge in [0.1, 0.15) is 0 Å². The summed E-state index contributed by atoms with van der Waals surface area (Å²) in [5.41, 5.74) is 0.918. The molecule has 1 heterocycles. The Kier molecular flexibility index (Phi) is 5.80. The standard InChI is InChI=1S/C16H22ClN3O2/c1-12(19-7-9-20(10-8-19)13(2)21)16(22)18-11-14-5-3-4-6-15(14)17/h3-6,12H,7-11H2,1-2H3,(H,18,22)/p+1/t12-/m1/s1. The van der Waals surface area contributed by atoms with Crippen LogP contribution in [0.5, 0.6) is 0 Å². The molecule has 22 heavy (non-hydrogen) atoms. The van der Waals surface area contributed by atoms with Crippen molar-refractivity contribution in [2.45, 2.75) is 26.4 Å². The van der Waals surface area contributed by atoms with Crippen molar-refractivity contribution >= 4 is 23.4 Å². The van der Waals surface area contributed by atoms with Gasteiger partial charge in [0.15, 0.2) is 6.04 Å². The smallest absolute Gasteiger partial charge is 0.278 e. The number of carbonyl (C=O) groups is 2. The molecule has 6 heteroatoms. The van der Waals surface area contributed by atoms with Gasteiger partial charge in [-0.25, -0.2) is 0 Å². The van der Waals surface area contributed by atoms with Gasteiger partial charge in [0.2, 0.25) is 5.91 Å². The van der Waals surface area contributed by atoms with Crippen LogP contribution in [0.1, 0.15) is 19.4 Å². The van der Waals surface area contributed by atoms with Gasteiger partial charge in [-0.2, -0.15) is 0 Å². The second-order valence-corrected chi connectivity index (χ2v) is 6.10. The third-order valence-electron chi connectivity index (χ3n) is 4.27. The molecule has 1 atom stereocenters. The lowest BCUT2D eigenvalue weighted by atomic mass is 10.2. The fourth-order valence-electron chi connectivity index (χ4n) is 2.70. The predicted molar refractivity (Wildman–Crippen MR) is 85.7 cm³/mol. The van der Waals surface area contributed by atoms with Gasteiger partial charge in [-0.05, 0) is 18.6 Å². The van der Waals surface area contributed by atoms with Crippen molar-refractivity contribution in [3.63, 3.8) is 0 Å². The molecule has 0 bridgehead atoms. The molecule has 2 rings (SSSR count). The number of halogens is 1. The summed E-state index contributed by atoms with van der Waals surface area (Å²) < 4.78 is 0. The van der Waals surface area contributed by atoms with Gasteiger partial charge in [0.25, 0.3) is 5.91 Å². The Morgan fingerprint density at radius 1 is 1.32 bits per heavy atom. The number of nitrogens with zero attached hydrogens (tertiary/aromatic N) is 1. The topological polar surface area (TPSA) is 53.9 Å². The Balaban J connectivity index is 1.83. The van der Waals surface area contributed by atoms with E-state index in [1.807, 2.05) is 36.1 Å². The molecular weight excluding hydrogens is 302 g/mol. The van der Waals surface area contributed by atoms with Crippen molar-refractivity contribution in [1.82, 2.24) is 10.2 Å². The van der Waals surface area contributed by atoms with Crippen LogP contribution in [-0.4, -0.2) is 48.9 Å². The van der Waals surface area contributed by atoms with Crippen LogP contribution in [0.25, 0.3) is 0 Å². The Labute approximate surface area is 136 Å². The molecule has 1 saturated heterocycles. The summed E-state index contributed by atoms with van der Waals surface area (Å²) in [6.45, 7) is 7.00. The number of carbonyl (C=O) groups excluding carboxylic acids is 2. The molecule has 1 fully saturated rings. The third kappa shape index (κ3) is 4.21. The molecule has 0 aliphatic carbocycles. The van der Waals surface area contributed by atoms with Crippen LogP contribution in [0.2, 0.25) is 5.02 Å². The highest BCUT2D eigenvalue weighted by molar-refractivity contribution is 6.31. The van der Waals surface area contributed by atoms with Crippen LogP contribution in [0.15, 0.2) is 24.3 Å². The maximum atomic E-state index is 12.3.